The second kappa shape index (κ2) is 7.16. The Morgan fingerprint density at radius 3 is 2.63 bits per heavy atom. The Balaban J connectivity index is 1.61. The molecule has 1 aromatic rings. The molecule has 10 nitrogen and oxygen atoms in total. The first-order valence-electron chi connectivity index (χ1n) is 8.04. The number of hydrogen-bond acceptors (Lipinski definition) is 9. The molecule has 0 amide bonds. The second-order valence-corrected chi connectivity index (χ2v) is 6.27. The standard InChI is InChI=1S/C17H18O10/c18-9-3-1-8(5-10(9)19)2-4-13(21)25-7-12-15-14(22)11(20)6-17(26-12,27-15)16(23)24/h1-5,11-12,14-15,18-20,22H,6-7H2,(H,23,24)/b4-2+/t11-,12-,14+,15+,17+/m0/s1. The van der Waals surface area contributed by atoms with E-state index in [0.29, 0.717) is 5.56 Å². The van der Waals surface area contributed by atoms with E-state index < -0.39 is 55.2 Å². The quantitative estimate of drug-likeness (QED) is 0.251. The van der Waals surface area contributed by atoms with Crippen LogP contribution in [0.5, 0.6) is 11.5 Å². The number of carbonyl (C=O) groups is 2. The van der Waals surface area contributed by atoms with Crippen LogP contribution in [0.15, 0.2) is 24.3 Å². The summed E-state index contributed by atoms with van der Waals surface area (Å²) < 4.78 is 15.5. The Morgan fingerprint density at radius 2 is 1.96 bits per heavy atom. The normalized spacial score (nSPS) is 32.5. The first-order valence-corrected chi connectivity index (χ1v) is 8.04. The number of benzene rings is 1. The molecule has 1 aromatic carbocycles. The van der Waals surface area contributed by atoms with Crippen LogP contribution >= 0.6 is 0 Å². The molecule has 2 fully saturated rings. The summed E-state index contributed by atoms with van der Waals surface area (Å²) in [4.78, 5) is 23.2. The van der Waals surface area contributed by atoms with Gasteiger partial charge in [-0.2, -0.15) is 0 Å². The van der Waals surface area contributed by atoms with Crippen LogP contribution in [0.4, 0.5) is 0 Å². The number of hydrogen-bond donors (Lipinski definition) is 5. The first-order chi connectivity index (χ1) is 12.7. The van der Waals surface area contributed by atoms with Gasteiger partial charge in [-0.1, -0.05) is 6.07 Å². The molecule has 0 aliphatic carbocycles. The molecule has 0 unspecified atom stereocenters. The molecule has 3 rings (SSSR count). The summed E-state index contributed by atoms with van der Waals surface area (Å²) in [6.45, 7) is -0.395. The number of esters is 1. The lowest BCUT2D eigenvalue weighted by Crippen LogP contribution is -2.53. The van der Waals surface area contributed by atoms with E-state index in [1.165, 1.54) is 24.3 Å². The lowest BCUT2D eigenvalue weighted by molar-refractivity contribution is -0.244. The van der Waals surface area contributed by atoms with Gasteiger partial charge in [-0.15, -0.1) is 0 Å². The lowest BCUT2D eigenvalue weighted by atomic mass is 9.96. The van der Waals surface area contributed by atoms with E-state index in [-0.39, 0.29) is 11.5 Å². The van der Waals surface area contributed by atoms with E-state index in [9.17, 15) is 35.1 Å². The number of aliphatic carboxylic acids is 1. The number of carboxylic acids is 1. The van der Waals surface area contributed by atoms with Gasteiger partial charge in [-0.3, -0.25) is 0 Å². The minimum absolute atomic E-state index is 0.299. The average molecular weight is 382 g/mol. The molecule has 0 saturated carbocycles. The number of fused-ring (bicyclic) bond motifs is 2. The molecule has 10 heteroatoms. The van der Waals surface area contributed by atoms with Gasteiger partial charge in [-0.25, -0.2) is 9.59 Å². The topological polar surface area (TPSA) is 163 Å². The van der Waals surface area contributed by atoms with Gasteiger partial charge < -0.3 is 39.7 Å². The molecule has 2 saturated heterocycles. The summed E-state index contributed by atoms with van der Waals surface area (Å²) in [5, 5.41) is 47.6. The highest BCUT2D eigenvalue weighted by Crippen LogP contribution is 2.40. The Kier molecular flexibility index (Phi) is 5.07. The second-order valence-electron chi connectivity index (χ2n) is 6.27. The zero-order chi connectivity index (χ0) is 19.8. The minimum Gasteiger partial charge on any atom is -0.504 e. The molecule has 2 aliphatic heterocycles. The SMILES string of the molecule is O=C(/C=C/c1ccc(O)c(O)c1)OC[C@@H]1O[C@]2(C(=O)O)C[C@H](O)[C@@H](O)[C@@H]1O2. The predicted molar refractivity (Wildman–Crippen MR) is 86.5 cm³/mol. The largest absolute Gasteiger partial charge is 0.504 e. The smallest absolute Gasteiger partial charge is 0.364 e. The number of phenols is 2. The van der Waals surface area contributed by atoms with Gasteiger partial charge >= 0.3 is 11.9 Å². The van der Waals surface area contributed by atoms with Gasteiger partial charge in [0.15, 0.2) is 11.5 Å². The molecule has 2 heterocycles. The Hall–Kier alpha value is -2.66. The minimum atomic E-state index is -2.08. The highest BCUT2D eigenvalue weighted by Gasteiger charge is 2.61. The fourth-order valence-electron chi connectivity index (χ4n) is 2.97. The van der Waals surface area contributed by atoms with Gasteiger partial charge in [-0.05, 0) is 23.8 Å². The van der Waals surface area contributed by atoms with Crippen molar-refractivity contribution in [2.24, 2.45) is 0 Å². The van der Waals surface area contributed by atoms with Crippen molar-refractivity contribution >= 4 is 18.0 Å². The van der Waals surface area contributed by atoms with Gasteiger partial charge in [0.1, 0.15) is 24.9 Å². The molecular formula is C17H18O10. The fourth-order valence-corrected chi connectivity index (χ4v) is 2.97. The van der Waals surface area contributed by atoms with Crippen molar-refractivity contribution in [2.75, 3.05) is 6.61 Å². The Bertz CT molecular complexity index is 775. The molecule has 27 heavy (non-hydrogen) atoms. The number of aliphatic hydroxyl groups excluding tert-OH is 2. The van der Waals surface area contributed by atoms with Crippen LogP contribution in [0.25, 0.3) is 6.08 Å². The highest BCUT2D eigenvalue weighted by atomic mass is 16.8. The average Bonchev–Trinajstić information content (AvgIpc) is 2.95. The maximum atomic E-state index is 11.8. The summed E-state index contributed by atoms with van der Waals surface area (Å²) in [6, 6.07) is 3.96. The summed E-state index contributed by atoms with van der Waals surface area (Å²) in [7, 11) is 0. The fraction of sp³-hybridized carbons (Fsp3) is 0.412. The van der Waals surface area contributed by atoms with E-state index in [0.717, 1.165) is 6.08 Å². The van der Waals surface area contributed by atoms with Crippen molar-refractivity contribution in [3.8, 4) is 11.5 Å². The number of ether oxygens (including phenoxy) is 3. The first kappa shape index (κ1) is 19.1. The van der Waals surface area contributed by atoms with E-state index in [1.807, 2.05) is 0 Å². The molecular weight excluding hydrogens is 364 g/mol. The molecule has 5 N–H and O–H groups in total. The number of carbonyl (C=O) groups excluding carboxylic acids is 1. The van der Waals surface area contributed by atoms with Crippen LogP contribution in [-0.2, 0) is 23.8 Å². The van der Waals surface area contributed by atoms with Crippen LogP contribution in [-0.4, -0.2) is 74.3 Å². The maximum absolute atomic E-state index is 11.8. The summed E-state index contributed by atoms with van der Waals surface area (Å²) in [5.74, 6) is -4.96. The van der Waals surface area contributed by atoms with Crippen molar-refractivity contribution in [1.29, 1.82) is 0 Å². The molecule has 2 bridgehead atoms. The molecule has 2 aliphatic rings. The van der Waals surface area contributed by atoms with Crippen molar-refractivity contribution < 1.29 is 49.3 Å². The van der Waals surface area contributed by atoms with Crippen molar-refractivity contribution in [3.63, 3.8) is 0 Å². The number of phenolic OH excluding ortho intramolecular Hbond substituents is 2. The van der Waals surface area contributed by atoms with Crippen molar-refractivity contribution in [3.05, 3.63) is 29.8 Å². The van der Waals surface area contributed by atoms with E-state index in [2.05, 4.69) is 0 Å². The number of rotatable bonds is 5. The lowest BCUT2D eigenvalue weighted by Gasteiger charge is -2.33. The third-order valence-corrected chi connectivity index (χ3v) is 4.37. The highest BCUT2D eigenvalue weighted by molar-refractivity contribution is 5.87. The molecule has 0 aromatic heterocycles. The van der Waals surface area contributed by atoms with Crippen LogP contribution < -0.4 is 0 Å². The zero-order valence-electron chi connectivity index (χ0n) is 13.9. The third kappa shape index (κ3) is 3.74. The number of aliphatic hydroxyl groups is 2. The number of carboxylic acid groups (broad SMARTS) is 1. The van der Waals surface area contributed by atoms with Gasteiger partial charge in [0, 0.05) is 12.5 Å². The maximum Gasteiger partial charge on any atom is 0.364 e. The van der Waals surface area contributed by atoms with Gasteiger partial charge in [0.2, 0.25) is 0 Å². The van der Waals surface area contributed by atoms with Gasteiger partial charge in [0.05, 0.1) is 6.10 Å². The molecule has 5 atom stereocenters. The van der Waals surface area contributed by atoms with Crippen molar-refractivity contribution in [2.45, 2.75) is 36.6 Å². The molecule has 0 radical (unpaired) electrons. The van der Waals surface area contributed by atoms with Crippen LogP contribution in [0.1, 0.15) is 12.0 Å². The predicted octanol–water partition coefficient (Wildman–Crippen LogP) is -0.655. The van der Waals surface area contributed by atoms with E-state index >= 15 is 0 Å². The van der Waals surface area contributed by atoms with Crippen LogP contribution in [0.2, 0.25) is 0 Å². The summed E-state index contributed by atoms with van der Waals surface area (Å²) in [5.41, 5.74) is 0.432. The van der Waals surface area contributed by atoms with Gasteiger partial charge in [0.25, 0.3) is 5.79 Å². The Labute approximate surface area is 152 Å². The zero-order valence-corrected chi connectivity index (χ0v) is 13.9. The van der Waals surface area contributed by atoms with Crippen LogP contribution in [0, 0.1) is 0 Å². The van der Waals surface area contributed by atoms with E-state index in [4.69, 9.17) is 14.2 Å². The number of aromatic hydroxyl groups is 2. The van der Waals surface area contributed by atoms with E-state index in [1.54, 1.807) is 0 Å². The molecule has 146 valence electrons. The summed E-state index contributed by atoms with van der Waals surface area (Å²) in [6.07, 6.45) is -3.00. The Morgan fingerprint density at radius 1 is 1.22 bits per heavy atom. The van der Waals surface area contributed by atoms with Crippen LogP contribution in [0.3, 0.4) is 0 Å². The summed E-state index contributed by atoms with van der Waals surface area (Å²) >= 11 is 0. The third-order valence-electron chi connectivity index (χ3n) is 4.37. The monoisotopic (exact) mass is 382 g/mol. The van der Waals surface area contributed by atoms with Crippen molar-refractivity contribution in [1.82, 2.24) is 0 Å². The molecule has 0 spiro atoms.